The van der Waals surface area contributed by atoms with Crippen molar-refractivity contribution < 1.29 is 52.8 Å². The van der Waals surface area contributed by atoms with Crippen LogP contribution in [0.3, 0.4) is 0 Å². The monoisotopic (exact) mass is 964 g/mol. The van der Waals surface area contributed by atoms with E-state index in [-0.39, 0.29) is 61.2 Å². The van der Waals surface area contributed by atoms with E-state index in [1.54, 1.807) is 0 Å². The van der Waals surface area contributed by atoms with E-state index in [4.69, 9.17) is 9.97 Å². The van der Waals surface area contributed by atoms with Crippen molar-refractivity contribution in [1.29, 1.82) is 0 Å². The second-order valence-corrected chi connectivity index (χ2v) is 18.4. The Balaban J connectivity index is 0.000000252. The van der Waals surface area contributed by atoms with Gasteiger partial charge in [-0.3, -0.25) is 33.2 Å². The molecule has 0 saturated carbocycles. The molecule has 0 bridgehead atoms. The SMILES string of the molecule is C[Si](C)(C)c1cnc(-c2[c-]cccc2)nc1.[B].[Ir].[Y].[c-]1ccc(-c2[c-]nc3c(ccc4ccccc43)c2)[c-]c1-c1nc2ccccc2n1-c1ccccc1. The predicted octanol–water partition coefficient (Wildman–Crippen LogP) is 9.56. The van der Waals surface area contributed by atoms with E-state index in [1.807, 2.05) is 97.3 Å². The number of imidazole rings is 1. The topological polar surface area (TPSA) is 56.5 Å². The number of nitrogens with zero attached hydrogens (tertiary/aromatic N) is 5. The van der Waals surface area contributed by atoms with Gasteiger partial charge in [0.15, 0.2) is 0 Å². The number of rotatable bonds is 5. The third-order valence-corrected chi connectivity index (χ3v) is 10.8. The number of fused-ring (bicyclic) bond motifs is 4. The zero-order chi connectivity index (χ0) is 34.8. The van der Waals surface area contributed by atoms with E-state index in [0.717, 1.165) is 66.9 Å². The third kappa shape index (κ3) is 8.60. The van der Waals surface area contributed by atoms with Crippen molar-refractivity contribution in [3.63, 3.8) is 0 Å². The molecule has 0 aliphatic rings. The van der Waals surface area contributed by atoms with Gasteiger partial charge in [0.2, 0.25) is 0 Å². The summed E-state index contributed by atoms with van der Waals surface area (Å²) in [6, 6.07) is 54.9. The van der Waals surface area contributed by atoms with Crippen LogP contribution in [0.2, 0.25) is 19.6 Å². The molecule has 0 N–H and O–H groups in total. The fourth-order valence-corrected chi connectivity index (χ4v) is 6.98. The first-order valence-corrected chi connectivity index (χ1v) is 20.4. The summed E-state index contributed by atoms with van der Waals surface area (Å²) in [6.07, 6.45) is 7.16. The van der Waals surface area contributed by atoms with Crippen LogP contribution in [0.5, 0.6) is 0 Å². The van der Waals surface area contributed by atoms with Gasteiger partial charge in [-0.15, -0.1) is 42.0 Å². The van der Waals surface area contributed by atoms with Gasteiger partial charge in [-0.05, 0) is 57.8 Å². The van der Waals surface area contributed by atoms with Crippen LogP contribution in [0.4, 0.5) is 0 Å². The number of aromatic nitrogens is 5. The Kier molecular flexibility index (Phi) is 13.4. The Morgan fingerprint density at radius 2 is 1.35 bits per heavy atom. The molecule has 3 heterocycles. The van der Waals surface area contributed by atoms with Gasteiger partial charge >= 0.3 is 0 Å². The fraction of sp³-hybridized carbons (Fsp3) is 0.0667. The molecule has 9 aromatic rings. The molecule has 0 aliphatic heterocycles. The molecule has 261 valence electrons. The Hall–Kier alpha value is -4.42. The van der Waals surface area contributed by atoms with Crippen LogP contribution in [0.15, 0.2) is 146 Å². The molecule has 0 atom stereocenters. The summed E-state index contributed by atoms with van der Waals surface area (Å²) in [5.41, 5.74) is 7.54. The maximum Gasteiger partial charge on any atom is 0.0815 e. The van der Waals surface area contributed by atoms with Crippen molar-refractivity contribution >= 4 is 54.4 Å². The summed E-state index contributed by atoms with van der Waals surface area (Å²) in [5, 5.41) is 4.68. The normalized spacial score (nSPS) is 10.8. The third-order valence-electron chi connectivity index (χ3n) is 8.81. The number of hydrogen-bond acceptors (Lipinski definition) is 4. The molecule has 0 aliphatic carbocycles. The summed E-state index contributed by atoms with van der Waals surface area (Å²) in [6.45, 7) is 6.88. The summed E-state index contributed by atoms with van der Waals surface area (Å²) in [5.74, 6) is 1.56. The first-order chi connectivity index (χ1) is 24.9. The Morgan fingerprint density at radius 1 is 0.648 bits per heavy atom. The maximum absolute atomic E-state index is 4.95. The predicted molar refractivity (Wildman–Crippen MR) is 216 cm³/mol. The molecule has 0 amide bonds. The Bertz CT molecular complexity index is 2630. The van der Waals surface area contributed by atoms with Crippen molar-refractivity contribution in [2.45, 2.75) is 19.6 Å². The average Bonchev–Trinajstić information content (AvgIpc) is 3.58. The van der Waals surface area contributed by atoms with Gasteiger partial charge in [0, 0.05) is 79.3 Å². The minimum atomic E-state index is -1.29. The quantitative estimate of drug-likeness (QED) is 0.0981. The van der Waals surface area contributed by atoms with E-state index >= 15 is 0 Å². The van der Waals surface area contributed by atoms with Gasteiger partial charge in [0.1, 0.15) is 0 Å². The van der Waals surface area contributed by atoms with Crippen LogP contribution in [-0.2, 0) is 52.8 Å². The van der Waals surface area contributed by atoms with Crippen LogP contribution in [0, 0.1) is 24.4 Å². The molecule has 5 nitrogen and oxygen atoms in total. The van der Waals surface area contributed by atoms with Crippen LogP contribution in [0.25, 0.3) is 72.3 Å². The zero-order valence-corrected chi connectivity index (χ0v) is 36.3. The Morgan fingerprint density at radius 3 is 2.11 bits per heavy atom. The molecule has 0 spiro atoms. The van der Waals surface area contributed by atoms with Gasteiger partial charge in [-0.25, -0.2) is 6.07 Å². The maximum atomic E-state index is 4.95. The minimum absolute atomic E-state index is 0. The molecule has 0 unspecified atom stereocenters. The van der Waals surface area contributed by atoms with Crippen LogP contribution in [-0.4, -0.2) is 41.0 Å². The van der Waals surface area contributed by atoms with Gasteiger partial charge in [0.25, 0.3) is 0 Å². The smallest absolute Gasteiger partial charge is 0.0815 e. The zero-order valence-electron chi connectivity index (χ0n) is 30.1. The molecule has 54 heavy (non-hydrogen) atoms. The molecule has 3 aromatic heterocycles. The fourth-order valence-electron chi connectivity index (χ4n) is 6.07. The second kappa shape index (κ2) is 17.8. The number of benzene rings is 6. The van der Waals surface area contributed by atoms with E-state index in [0.29, 0.717) is 0 Å². The van der Waals surface area contributed by atoms with Crippen LogP contribution >= 0.6 is 0 Å². The van der Waals surface area contributed by atoms with Crippen molar-refractivity contribution in [2.24, 2.45) is 0 Å². The molecule has 9 heteroatoms. The molecule has 5 radical (unpaired) electrons. The van der Waals surface area contributed by atoms with Gasteiger partial charge < -0.3 is 20.6 Å². The van der Waals surface area contributed by atoms with E-state index in [2.05, 4.69) is 107 Å². The summed E-state index contributed by atoms with van der Waals surface area (Å²) in [7, 11) is -1.29. The number of hydrogen-bond donors (Lipinski definition) is 0. The largest absolute Gasteiger partial charge is 0.374 e. The van der Waals surface area contributed by atoms with Crippen molar-refractivity contribution in [2.75, 3.05) is 0 Å². The minimum Gasteiger partial charge on any atom is -0.374 e. The van der Waals surface area contributed by atoms with E-state index in [1.165, 1.54) is 10.6 Å². The summed E-state index contributed by atoms with van der Waals surface area (Å²) >= 11 is 0. The molecule has 6 aromatic carbocycles. The first kappa shape index (κ1) is 40.8. The van der Waals surface area contributed by atoms with E-state index < -0.39 is 8.07 Å². The number of para-hydroxylation sites is 3. The van der Waals surface area contributed by atoms with Crippen LogP contribution in [0.1, 0.15) is 0 Å². The van der Waals surface area contributed by atoms with Gasteiger partial charge in [-0.2, -0.15) is 5.56 Å². The summed E-state index contributed by atoms with van der Waals surface area (Å²) in [4.78, 5) is 18.5. The molecule has 9 rings (SSSR count). The number of pyridine rings is 1. The molecule has 0 saturated heterocycles. The van der Waals surface area contributed by atoms with Crippen molar-refractivity contribution in [3.8, 4) is 39.6 Å². The second-order valence-electron chi connectivity index (χ2n) is 13.3. The van der Waals surface area contributed by atoms with Gasteiger partial charge in [-0.1, -0.05) is 91.8 Å². The molecular formula is C45H33BIrN5SiY-4. The van der Waals surface area contributed by atoms with Gasteiger partial charge in [0.05, 0.1) is 24.9 Å². The summed E-state index contributed by atoms with van der Waals surface area (Å²) < 4.78 is 2.16. The first-order valence-electron chi connectivity index (χ1n) is 16.9. The van der Waals surface area contributed by atoms with E-state index in [9.17, 15) is 0 Å². The van der Waals surface area contributed by atoms with Crippen LogP contribution < -0.4 is 5.19 Å². The van der Waals surface area contributed by atoms with Crippen molar-refractivity contribution in [3.05, 3.63) is 170 Å². The standard InChI is InChI=1S/C32H18N3.C13H15N2Si.B.Ir.Y/c1-2-12-27(13-3-1)35-30-16-7-6-15-29(30)34-32(35)25-11-8-10-23(19-25)26-20-24-18-17-22-9-4-5-14-28(22)31(24)33-21-26;1-16(2,3)12-9-14-13(15-10-12)11-7-5-4-6-8-11;;;/h1-10,12-18,20H;4-7,9-10H,1-3H3;;;/q-3;-1;;;. The van der Waals surface area contributed by atoms with Crippen molar-refractivity contribution in [1.82, 2.24) is 24.5 Å². The average molecular weight is 964 g/mol. The molecular weight excluding hydrogens is 931 g/mol. The molecule has 0 fully saturated rings. The Labute approximate surface area is 358 Å².